The van der Waals surface area contributed by atoms with E-state index < -0.39 is 0 Å². The fourth-order valence-electron chi connectivity index (χ4n) is 3.36. The molecular weight excluding hydrogens is 364 g/mol. The molecule has 0 aliphatic carbocycles. The molecule has 0 aromatic heterocycles. The summed E-state index contributed by atoms with van der Waals surface area (Å²) < 4.78 is 5.32. The van der Waals surface area contributed by atoms with Crippen LogP contribution in [0.25, 0.3) is 0 Å². The van der Waals surface area contributed by atoms with Crippen LogP contribution in [0.15, 0.2) is 48.5 Å². The lowest BCUT2D eigenvalue weighted by Crippen LogP contribution is -2.45. The average molecular weight is 387 g/mol. The van der Waals surface area contributed by atoms with Gasteiger partial charge in [-0.1, -0.05) is 41.9 Å². The first-order chi connectivity index (χ1) is 13.1. The molecule has 1 atom stereocenters. The van der Waals surface area contributed by atoms with Gasteiger partial charge in [-0.2, -0.15) is 0 Å². The highest BCUT2D eigenvalue weighted by molar-refractivity contribution is 6.33. The molecule has 0 radical (unpaired) electrons. The number of methoxy groups -OCH3 is 1. The van der Waals surface area contributed by atoms with Gasteiger partial charge in [0.05, 0.1) is 23.6 Å². The molecule has 2 amide bonds. The number of nitrogens with one attached hydrogen (secondary N) is 1. The maximum absolute atomic E-state index is 12.7. The smallest absolute Gasteiger partial charge is 0.255 e. The van der Waals surface area contributed by atoms with E-state index in [4.69, 9.17) is 16.3 Å². The van der Waals surface area contributed by atoms with Gasteiger partial charge in [-0.25, -0.2) is 0 Å². The SMILES string of the molecule is COc1ccccc1CNC(=O)[C@H]1CCCN(C(=O)c2ccccc2Cl)C1. The lowest BCUT2D eigenvalue weighted by Gasteiger charge is -2.32. The molecule has 27 heavy (non-hydrogen) atoms. The molecule has 2 aromatic rings. The van der Waals surface area contributed by atoms with Gasteiger partial charge >= 0.3 is 0 Å². The first-order valence-electron chi connectivity index (χ1n) is 9.03. The predicted molar refractivity (Wildman–Crippen MR) is 105 cm³/mol. The fourth-order valence-corrected chi connectivity index (χ4v) is 3.57. The Balaban J connectivity index is 1.61. The first-order valence-corrected chi connectivity index (χ1v) is 9.41. The summed E-state index contributed by atoms with van der Waals surface area (Å²) in [5.41, 5.74) is 1.41. The number of likely N-dealkylation sites (tertiary alicyclic amines) is 1. The Morgan fingerprint density at radius 2 is 1.93 bits per heavy atom. The molecule has 1 aliphatic rings. The standard InChI is InChI=1S/C21H23ClN2O3/c1-27-19-11-5-2-7-15(19)13-23-20(25)16-8-6-12-24(14-16)21(26)17-9-3-4-10-18(17)22/h2-5,7,9-11,16H,6,8,12-14H2,1H3,(H,23,25)/t16-/m0/s1. The molecule has 0 bridgehead atoms. The van der Waals surface area contributed by atoms with E-state index in [1.165, 1.54) is 0 Å². The van der Waals surface area contributed by atoms with Crippen molar-refractivity contribution in [2.75, 3.05) is 20.2 Å². The number of halogens is 1. The highest BCUT2D eigenvalue weighted by atomic mass is 35.5. The molecule has 0 spiro atoms. The minimum Gasteiger partial charge on any atom is -0.496 e. The summed E-state index contributed by atoms with van der Waals surface area (Å²) in [6, 6.07) is 14.6. The van der Waals surface area contributed by atoms with Crippen molar-refractivity contribution in [2.45, 2.75) is 19.4 Å². The van der Waals surface area contributed by atoms with Crippen molar-refractivity contribution in [1.82, 2.24) is 10.2 Å². The molecule has 3 rings (SSSR count). The van der Waals surface area contributed by atoms with E-state index in [1.54, 1.807) is 36.3 Å². The average Bonchev–Trinajstić information content (AvgIpc) is 2.72. The van der Waals surface area contributed by atoms with Gasteiger partial charge in [0, 0.05) is 25.2 Å². The van der Waals surface area contributed by atoms with Crippen molar-refractivity contribution in [3.63, 3.8) is 0 Å². The Labute approximate surface area is 164 Å². The van der Waals surface area contributed by atoms with E-state index in [1.807, 2.05) is 24.3 Å². The second kappa shape index (κ2) is 8.91. The zero-order chi connectivity index (χ0) is 19.2. The molecule has 5 nitrogen and oxygen atoms in total. The number of ether oxygens (including phenoxy) is 1. The molecule has 1 saturated heterocycles. The number of carbonyl (C=O) groups is 2. The molecular formula is C21H23ClN2O3. The Morgan fingerprint density at radius 1 is 1.19 bits per heavy atom. The topological polar surface area (TPSA) is 58.6 Å². The zero-order valence-corrected chi connectivity index (χ0v) is 16.0. The highest BCUT2D eigenvalue weighted by Crippen LogP contribution is 2.23. The van der Waals surface area contributed by atoms with Gasteiger partial charge in [-0.3, -0.25) is 9.59 Å². The van der Waals surface area contributed by atoms with Crippen LogP contribution in [-0.4, -0.2) is 36.9 Å². The van der Waals surface area contributed by atoms with Crippen molar-refractivity contribution in [3.8, 4) is 5.75 Å². The first kappa shape index (κ1) is 19.2. The Kier molecular flexibility index (Phi) is 6.35. The second-order valence-electron chi connectivity index (χ2n) is 6.60. The number of para-hydroxylation sites is 1. The third kappa shape index (κ3) is 4.61. The minimum atomic E-state index is -0.222. The van der Waals surface area contributed by atoms with Crippen LogP contribution in [0.1, 0.15) is 28.8 Å². The van der Waals surface area contributed by atoms with Crippen LogP contribution in [-0.2, 0) is 11.3 Å². The van der Waals surface area contributed by atoms with E-state index in [9.17, 15) is 9.59 Å². The van der Waals surface area contributed by atoms with Gasteiger partial charge in [0.1, 0.15) is 5.75 Å². The van der Waals surface area contributed by atoms with Crippen LogP contribution < -0.4 is 10.1 Å². The Bertz CT molecular complexity index is 825. The summed E-state index contributed by atoms with van der Waals surface area (Å²) >= 11 is 6.14. The molecule has 1 aliphatic heterocycles. The third-order valence-electron chi connectivity index (χ3n) is 4.83. The Morgan fingerprint density at radius 3 is 2.70 bits per heavy atom. The molecule has 142 valence electrons. The third-order valence-corrected chi connectivity index (χ3v) is 5.16. The lowest BCUT2D eigenvalue weighted by atomic mass is 9.96. The van der Waals surface area contributed by atoms with Gasteiger partial charge in [0.25, 0.3) is 5.91 Å². The normalized spacial score (nSPS) is 16.7. The van der Waals surface area contributed by atoms with Crippen LogP contribution in [0, 0.1) is 5.92 Å². The van der Waals surface area contributed by atoms with Gasteiger partial charge in [0.2, 0.25) is 5.91 Å². The van der Waals surface area contributed by atoms with E-state index in [0.29, 0.717) is 30.2 Å². The number of rotatable bonds is 5. The summed E-state index contributed by atoms with van der Waals surface area (Å²) in [6.45, 7) is 1.44. The fraction of sp³-hybridized carbons (Fsp3) is 0.333. The zero-order valence-electron chi connectivity index (χ0n) is 15.3. The lowest BCUT2D eigenvalue weighted by molar-refractivity contribution is -0.126. The summed E-state index contributed by atoms with van der Waals surface area (Å²) in [7, 11) is 1.61. The number of carbonyl (C=O) groups excluding carboxylic acids is 2. The van der Waals surface area contributed by atoms with Gasteiger partial charge in [0.15, 0.2) is 0 Å². The van der Waals surface area contributed by atoms with Gasteiger partial charge in [-0.05, 0) is 31.0 Å². The number of amides is 2. The van der Waals surface area contributed by atoms with Crippen molar-refractivity contribution in [3.05, 3.63) is 64.7 Å². The van der Waals surface area contributed by atoms with Crippen molar-refractivity contribution in [2.24, 2.45) is 5.92 Å². The molecule has 1 heterocycles. The van der Waals surface area contributed by atoms with Crippen molar-refractivity contribution < 1.29 is 14.3 Å². The molecule has 0 saturated carbocycles. The van der Waals surface area contributed by atoms with Crippen molar-refractivity contribution in [1.29, 1.82) is 0 Å². The summed E-state index contributed by atoms with van der Waals surface area (Å²) in [6.07, 6.45) is 1.56. The van der Waals surface area contributed by atoms with Crippen LogP contribution in [0.3, 0.4) is 0 Å². The van der Waals surface area contributed by atoms with Crippen LogP contribution in [0.2, 0.25) is 5.02 Å². The van der Waals surface area contributed by atoms with Gasteiger partial charge < -0.3 is 15.0 Å². The summed E-state index contributed by atoms with van der Waals surface area (Å²) in [4.78, 5) is 27.1. The van der Waals surface area contributed by atoms with E-state index in [0.717, 1.165) is 24.2 Å². The van der Waals surface area contributed by atoms with Crippen LogP contribution in [0.5, 0.6) is 5.75 Å². The molecule has 1 N–H and O–H groups in total. The van der Waals surface area contributed by atoms with E-state index >= 15 is 0 Å². The number of piperidine rings is 1. The van der Waals surface area contributed by atoms with Gasteiger partial charge in [-0.15, -0.1) is 0 Å². The largest absolute Gasteiger partial charge is 0.496 e. The second-order valence-corrected chi connectivity index (χ2v) is 7.01. The summed E-state index contributed by atoms with van der Waals surface area (Å²) in [5.74, 6) is 0.359. The number of nitrogens with zero attached hydrogens (tertiary/aromatic N) is 1. The molecule has 6 heteroatoms. The monoisotopic (exact) mass is 386 g/mol. The minimum absolute atomic E-state index is 0.0439. The Hall–Kier alpha value is -2.53. The van der Waals surface area contributed by atoms with Crippen molar-refractivity contribution >= 4 is 23.4 Å². The summed E-state index contributed by atoms with van der Waals surface area (Å²) in [5, 5.41) is 3.41. The maximum Gasteiger partial charge on any atom is 0.255 e. The number of hydrogen-bond donors (Lipinski definition) is 1. The maximum atomic E-state index is 12.7. The van der Waals surface area contributed by atoms with E-state index in [2.05, 4.69) is 5.32 Å². The van der Waals surface area contributed by atoms with E-state index in [-0.39, 0.29) is 17.7 Å². The van der Waals surface area contributed by atoms with Crippen LogP contribution >= 0.6 is 11.6 Å². The predicted octanol–water partition coefficient (Wildman–Crippen LogP) is 3.52. The quantitative estimate of drug-likeness (QED) is 0.855. The molecule has 1 fully saturated rings. The van der Waals surface area contributed by atoms with Crippen LogP contribution in [0.4, 0.5) is 0 Å². The molecule has 0 unspecified atom stereocenters. The molecule has 2 aromatic carbocycles. The number of hydrogen-bond acceptors (Lipinski definition) is 3. The highest BCUT2D eigenvalue weighted by Gasteiger charge is 2.29. The number of benzene rings is 2.